The monoisotopic (exact) mass is 725 g/mol. The molecule has 0 aliphatic heterocycles. The summed E-state index contributed by atoms with van der Waals surface area (Å²) in [6, 6.07) is 20.3. The van der Waals surface area contributed by atoms with Crippen LogP contribution in [-0.4, -0.2) is 64.1 Å². The van der Waals surface area contributed by atoms with Gasteiger partial charge in [-0.2, -0.15) is 31.3 Å². The van der Waals surface area contributed by atoms with Crippen LogP contribution in [0, 0.1) is 11.8 Å². The van der Waals surface area contributed by atoms with Crippen LogP contribution in [0.1, 0.15) is 31.2 Å². The molecular weight excluding hydrogens is 688 g/mol. The smallest absolute Gasteiger partial charge is 0.422 e. The minimum Gasteiger partial charge on any atom is -0.484 e. The molecule has 270 valence electrons. The molecule has 3 aromatic carbocycles. The van der Waals surface area contributed by atoms with E-state index in [1.165, 1.54) is 0 Å². The lowest BCUT2D eigenvalue weighted by atomic mass is 9.82. The van der Waals surface area contributed by atoms with E-state index in [2.05, 4.69) is 36.5 Å². The number of anilines is 2. The summed E-state index contributed by atoms with van der Waals surface area (Å²) in [5, 5.41) is 4.30. The van der Waals surface area contributed by atoms with Crippen molar-refractivity contribution in [2.45, 2.75) is 49.5 Å². The third-order valence-corrected chi connectivity index (χ3v) is 9.73. The maximum atomic E-state index is 13.2. The first-order valence-electron chi connectivity index (χ1n) is 15.9. The van der Waals surface area contributed by atoms with Crippen LogP contribution >= 0.6 is 0 Å². The quantitative estimate of drug-likeness (QED) is 0.130. The number of nitrogens with one attached hydrogen (secondary N) is 2. The van der Waals surface area contributed by atoms with Gasteiger partial charge in [0.15, 0.2) is 13.2 Å². The van der Waals surface area contributed by atoms with Gasteiger partial charge in [-0.05, 0) is 67.3 Å². The van der Waals surface area contributed by atoms with Crippen molar-refractivity contribution >= 4 is 32.7 Å². The summed E-state index contributed by atoms with van der Waals surface area (Å²) in [7, 11) is -2.50. The number of hydrogen-bond donors (Lipinski definition) is 2. The third-order valence-electron chi connectivity index (χ3n) is 8.28. The molecule has 1 saturated carbocycles. The number of halogens is 6. The lowest BCUT2D eigenvalue weighted by molar-refractivity contribution is -0.154. The van der Waals surface area contributed by atoms with Gasteiger partial charge in [-0.25, -0.2) is 18.1 Å². The van der Waals surface area contributed by atoms with Gasteiger partial charge in [-0.1, -0.05) is 42.5 Å². The standard InChI is InChI=1S/C34H37F6N5O4S/c1-45(20-25-7-3-2-4-8-25)31-27-9-5-6-10-28(27)43-32(44-31)41-18-23-11-13-24(14-12-23)19-42-50(46,47)30-17-26(48-21-33(35,36)37)15-16-29(30)49-22-34(38,39)40/h2-10,15-17,23-24,42H,11-14,18-22H2,1H3,(H,41,43,44)/t23-,24-. The molecule has 1 aliphatic carbocycles. The van der Waals surface area contributed by atoms with Crippen molar-refractivity contribution < 1.29 is 44.2 Å². The van der Waals surface area contributed by atoms with Gasteiger partial charge in [0.05, 0.1) is 5.52 Å². The topological polar surface area (TPSA) is 106 Å². The van der Waals surface area contributed by atoms with Gasteiger partial charge in [0.25, 0.3) is 0 Å². The summed E-state index contributed by atoms with van der Waals surface area (Å²) in [5.41, 5.74) is 1.95. The zero-order valence-electron chi connectivity index (χ0n) is 27.1. The van der Waals surface area contributed by atoms with Crippen molar-refractivity contribution in [2.24, 2.45) is 11.8 Å². The minimum absolute atomic E-state index is 0.0142. The molecule has 0 amide bonds. The first-order valence-corrected chi connectivity index (χ1v) is 17.4. The highest BCUT2D eigenvalue weighted by molar-refractivity contribution is 7.89. The van der Waals surface area contributed by atoms with Crippen LogP contribution in [0.3, 0.4) is 0 Å². The molecule has 4 aromatic rings. The average molecular weight is 726 g/mol. The summed E-state index contributed by atoms with van der Waals surface area (Å²) in [6.07, 6.45) is -6.59. The highest BCUT2D eigenvalue weighted by Crippen LogP contribution is 2.33. The first kappa shape index (κ1) is 37.0. The molecule has 1 heterocycles. The Bertz CT molecular complexity index is 1840. The second-order valence-electron chi connectivity index (χ2n) is 12.3. The van der Waals surface area contributed by atoms with E-state index in [9.17, 15) is 34.8 Å². The lowest BCUT2D eigenvalue weighted by Gasteiger charge is -2.29. The molecule has 16 heteroatoms. The van der Waals surface area contributed by atoms with Crippen molar-refractivity contribution in [3.05, 3.63) is 78.4 Å². The zero-order valence-corrected chi connectivity index (χ0v) is 27.9. The van der Waals surface area contributed by atoms with Crippen LogP contribution in [0.2, 0.25) is 0 Å². The van der Waals surface area contributed by atoms with Crippen molar-refractivity contribution in [2.75, 3.05) is 43.6 Å². The van der Waals surface area contributed by atoms with Gasteiger partial charge in [0.2, 0.25) is 16.0 Å². The first-order chi connectivity index (χ1) is 23.6. The van der Waals surface area contributed by atoms with Crippen LogP contribution in [0.15, 0.2) is 77.7 Å². The molecule has 0 saturated heterocycles. The Morgan fingerprint density at radius 3 is 2.10 bits per heavy atom. The molecule has 0 atom stereocenters. The molecule has 1 fully saturated rings. The van der Waals surface area contributed by atoms with Crippen LogP contribution in [0.5, 0.6) is 11.5 Å². The molecule has 5 rings (SSSR count). The Balaban J connectivity index is 1.18. The number of para-hydroxylation sites is 1. The average Bonchev–Trinajstić information content (AvgIpc) is 3.08. The Morgan fingerprint density at radius 1 is 0.800 bits per heavy atom. The third kappa shape index (κ3) is 10.6. The maximum Gasteiger partial charge on any atom is 0.422 e. The molecule has 1 aliphatic rings. The number of benzene rings is 3. The van der Waals surface area contributed by atoms with Gasteiger partial charge >= 0.3 is 12.4 Å². The fourth-order valence-electron chi connectivity index (χ4n) is 5.77. The fourth-order valence-corrected chi connectivity index (χ4v) is 7.05. The van der Waals surface area contributed by atoms with E-state index in [1.54, 1.807) is 0 Å². The number of hydrogen-bond acceptors (Lipinski definition) is 8. The van der Waals surface area contributed by atoms with Crippen molar-refractivity contribution in [1.82, 2.24) is 14.7 Å². The van der Waals surface area contributed by atoms with E-state index in [4.69, 9.17) is 9.97 Å². The van der Waals surface area contributed by atoms with E-state index in [1.807, 2.05) is 49.5 Å². The molecule has 0 unspecified atom stereocenters. The second kappa shape index (κ2) is 15.7. The van der Waals surface area contributed by atoms with Crippen molar-refractivity contribution in [3.8, 4) is 11.5 Å². The Hall–Kier alpha value is -4.31. The highest BCUT2D eigenvalue weighted by Gasteiger charge is 2.32. The van der Waals surface area contributed by atoms with Gasteiger partial charge in [-0.3, -0.25) is 0 Å². The molecular formula is C34H37F6N5O4S. The summed E-state index contributed by atoms with van der Waals surface area (Å²) >= 11 is 0. The number of sulfonamides is 1. The van der Waals surface area contributed by atoms with E-state index in [0.29, 0.717) is 31.9 Å². The molecule has 2 N–H and O–H groups in total. The largest absolute Gasteiger partial charge is 0.484 e. The normalized spacial score (nSPS) is 17.0. The van der Waals surface area contributed by atoms with Gasteiger partial charge < -0.3 is 19.7 Å². The summed E-state index contributed by atoms with van der Waals surface area (Å²) in [4.78, 5) is 10.9. The Morgan fingerprint density at radius 2 is 1.42 bits per heavy atom. The van der Waals surface area contributed by atoms with Crippen molar-refractivity contribution in [3.63, 3.8) is 0 Å². The number of ether oxygens (including phenoxy) is 2. The maximum absolute atomic E-state index is 13.2. The number of fused-ring (bicyclic) bond motifs is 1. The van der Waals surface area contributed by atoms with E-state index in [-0.39, 0.29) is 18.4 Å². The fraction of sp³-hybridized carbons (Fsp3) is 0.412. The zero-order chi connectivity index (χ0) is 35.9. The van der Waals surface area contributed by atoms with Crippen LogP contribution in [0.4, 0.5) is 38.1 Å². The number of aromatic nitrogens is 2. The van der Waals surface area contributed by atoms with E-state index in [0.717, 1.165) is 53.3 Å². The Kier molecular flexibility index (Phi) is 11.6. The number of rotatable bonds is 14. The van der Waals surface area contributed by atoms with E-state index < -0.39 is 52.0 Å². The minimum atomic E-state index is -4.77. The van der Waals surface area contributed by atoms with Crippen molar-refractivity contribution in [1.29, 1.82) is 0 Å². The summed E-state index contributed by atoms with van der Waals surface area (Å²) in [5.74, 6) is 0.337. The van der Waals surface area contributed by atoms with E-state index >= 15 is 0 Å². The van der Waals surface area contributed by atoms with Crippen LogP contribution in [-0.2, 0) is 16.6 Å². The highest BCUT2D eigenvalue weighted by atomic mass is 32.2. The number of nitrogens with zero attached hydrogens (tertiary/aromatic N) is 3. The SMILES string of the molecule is CN(Cc1ccccc1)c1nc(NC[C@H]2CC[C@H](CNS(=O)(=O)c3cc(OCC(F)(F)F)ccc3OCC(F)(F)F)CC2)nc2ccccc12. The van der Waals surface area contributed by atoms with Gasteiger partial charge in [0, 0.05) is 38.1 Å². The second-order valence-corrected chi connectivity index (χ2v) is 14.0. The van der Waals surface area contributed by atoms with Gasteiger partial charge in [-0.15, -0.1) is 0 Å². The lowest BCUT2D eigenvalue weighted by Crippen LogP contribution is -2.33. The predicted molar refractivity (Wildman–Crippen MR) is 177 cm³/mol. The van der Waals surface area contributed by atoms with Crippen LogP contribution < -0.4 is 24.4 Å². The summed E-state index contributed by atoms with van der Waals surface area (Å²) < 4.78 is 114. The molecule has 1 aromatic heterocycles. The van der Waals surface area contributed by atoms with Crippen LogP contribution in [0.25, 0.3) is 10.9 Å². The van der Waals surface area contributed by atoms with Gasteiger partial charge in [0.1, 0.15) is 22.2 Å². The molecule has 0 radical (unpaired) electrons. The molecule has 0 spiro atoms. The molecule has 50 heavy (non-hydrogen) atoms. The number of alkyl halides is 6. The molecule has 9 nitrogen and oxygen atoms in total. The summed E-state index contributed by atoms with van der Waals surface area (Å²) in [6.45, 7) is -2.25. The molecule has 0 bridgehead atoms. The predicted octanol–water partition coefficient (Wildman–Crippen LogP) is 7.35. The Labute approximate surface area is 286 Å².